The van der Waals surface area contributed by atoms with Crippen LogP contribution in [-0.2, 0) is 0 Å². The number of aromatic amines is 1. The van der Waals surface area contributed by atoms with Crippen molar-refractivity contribution in [2.75, 3.05) is 7.11 Å². The van der Waals surface area contributed by atoms with E-state index in [2.05, 4.69) is 28.4 Å². The van der Waals surface area contributed by atoms with Gasteiger partial charge in [-0.1, -0.05) is 36.5 Å². The number of amides is 1. The van der Waals surface area contributed by atoms with E-state index in [0.717, 1.165) is 23.2 Å². The van der Waals surface area contributed by atoms with Crippen LogP contribution < -0.4 is 10.1 Å². The lowest BCUT2D eigenvalue weighted by atomic mass is 10.1. The average molecular weight is 323 g/mol. The van der Waals surface area contributed by atoms with Gasteiger partial charge in [-0.3, -0.25) is 4.79 Å². The molecule has 0 spiro atoms. The highest BCUT2D eigenvalue weighted by atomic mass is 32.1. The molecule has 1 aliphatic rings. The summed E-state index contributed by atoms with van der Waals surface area (Å²) in [6.45, 7) is 4.87. The van der Waals surface area contributed by atoms with Crippen LogP contribution in [0.25, 0.3) is 10.3 Å². The molecule has 0 atom stereocenters. The minimum atomic E-state index is -0.970. The molecule has 2 aromatic rings. The number of methoxy groups -OCH3 is 1. The van der Waals surface area contributed by atoms with Gasteiger partial charge in [-0.05, 0) is 18.9 Å². The molecule has 5 nitrogen and oxygen atoms in total. The van der Waals surface area contributed by atoms with Crippen LogP contribution in [0.2, 0.25) is 25.2 Å². The Morgan fingerprint density at radius 2 is 2.19 bits per heavy atom. The summed E-state index contributed by atoms with van der Waals surface area (Å²) in [6.07, 6.45) is 2.23. The summed E-state index contributed by atoms with van der Waals surface area (Å²) in [5.74, 6) is -0.0226. The van der Waals surface area contributed by atoms with E-state index in [-0.39, 0.29) is 5.91 Å². The molecule has 1 aliphatic heterocycles. The highest BCUT2D eigenvalue weighted by Crippen LogP contribution is 2.30. The Hall–Kier alpha value is -1.34. The lowest BCUT2D eigenvalue weighted by Crippen LogP contribution is -2.42. The van der Waals surface area contributed by atoms with Crippen molar-refractivity contribution in [3.63, 3.8) is 0 Å². The summed E-state index contributed by atoms with van der Waals surface area (Å²) in [4.78, 5) is 19.6. The quantitative estimate of drug-likeness (QED) is 0.852. The van der Waals surface area contributed by atoms with E-state index in [0.29, 0.717) is 16.9 Å². The molecular weight excluding hydrogens is 302 g/mol. The van der Waals surface area contributed by atoms with Crippen LogP contribution in [0.3, 0.4) is 0 Å². The second-order valence-electron chi connectivity index (χ2n) is 6.49. The maximum Gasteiger partial charge on any atom is 0.275 e. The van der Waals surface area contributed by atoms with Crippen LogP contribution in [0.1, 0.15) is 23.3 Å². The number of rotatable bonds is 3. The number of nitrogens with one attached hydrogen (secondary N) is 2. The number of nitrogens with zero attached hydrogens (tertiary/aromatic N) is 1. The Morgan fingerprint density at radius 3 is 2.81 bits per heavy atom. The van der Waals surface area contributed by atoms with Crippen molar-refractivity contribution in [1.82, 2.24) is 15.3 Å². The van der Waals surface area contributed by atoms with Crippen LogP contribution in [0.4, 0.5) is 0 Å². The van der Waals surface area contributed by atoms with Gasteiger partial charge in [0.05, 0.1) is 11.8 Å². The number of thiazole rings is 1. The first kappa shape index (κ1) is 14.6. The van der Waals surface area contributed by atoms with Gasteiger partial charge in [0.15, 0.2) is 5.65 Å². The fraction of sp³-hybridized carbons (Fsp3) is 0.571. The van der Waals surface area contributed by atoms with Gasteiger partial charge in [0.25, 0.3) is 11.1 Å². The van der Waals surface area contributed by atoms with Crippen LogP contribution in [0.5, 0.6) is 5.19 Å². The van der Waals surface area contributed by atoms with E-state index in [4.69, 9.17) is 4.74 Å². The second kappa shape index (κ2) is 5.45. The van der Waals surface area contributed by atoms with E-state index in [1.54, 1.807) is 7.11 Å². The molecule has 21 heavy (non-hydrogen) atoms. The number of hydrogen-bond acceptors (Lipinski definition) is 4. The first-order chi connectivity index (χ1) is 9.97. The lowest BCUT2D eigenvalue weighted by molar-refractivity contribution is 0.0929. The molecule has 1 fully saturated rings. The molecule has 0 radical (unpaired) electrons. The van der Waals surface area contributed by atoms with Crippen molar-refractivity contribution in [3.05, 3.63) is 11.8 Å². The predicted molar refractivity (Wildman–Crippen MR) is 88.1 cm³/mol. The fourth-order valence-electron chi connectivity index (χ4n) is 2.81. The molecule has 1 saturated heterocycles. The van der Waals surface area contributed by atoms with Crippen molar-refractivity contribution in [3.8, 4) is 5.19 Å². The zero-order valence-corrected chi connectivity index (χ0v) is 14.5. The third kappa shape index (κ3) is 3.13. The van der Waals surface area contributed by atoms with E-state index < -0.39 is 8.07 Å². The van der Waals surface area contributed by atoms with Crippen molar-refractivity contribution < 1.29 is 9.53 Å². The fourth-order valence-corrected chi connectivity index (χ4v) is 6.10. The van der Waals surface area contributed by atoms with Gasteiger partial charge in [-0.15, -0.1) is 0 Å². The van der Waals surface area contributed by atoms with E-state index in [9.17, 15) is 4.79 Å². The van der Waals surface area contributed by atoms with E-state index in [1.807, 2.05) is 6.07 Å². The SMILES string of the molecule is COc1nc2[nH]c(C(=O)NC3CC[Si](C)(C)CC3)cc2s1. The van der Waals surface area contributed by atoms with E-state index in [1.165, 1.54) is 23.4 Å². The molecular formula is C14H21N3O2SSi. The standard InChI is InChI=1S/C14H21N3O2SSi/c1-19-14-17-12-11(20-14)8-10(16-12)13(18)15-9-4-6-21(2,3)7-5-9/h8-9,16H,4-7H2,1-3H3,(H,15,18). The monoisotopic (exact) mass is 323 g/mol. The van der Waals surface area contributed by atoms with Gasteiger partial charge < -0.3 is 15.0 Å². The summed E-state index contributed by atoms with van der Waals surface area (Å²) >= 11 is 1.44. The van der Waals surface area contributed by atoms with Crippen LogP contribution >= 0.6 is 11.3 Å². The maximum absolute atomic E-state index is 12.3. The third-order valence-corrected chi connectivity index (χ3v) is 8.50. The summed E-state index contributed by atoms with van der Waals surface area (Å²) < 4.78 is 6.04. The number of carbonyl (C=O) groups excluding carboxylic acids is 1. The van der Waals surface area contributed by atoms with Crippen LogP contribution in [-0.4, -0.2) is 37.1 Å². The van der Waals surface area contributed by atoms with Crippen molar-refractivity contribution >= 4 is 35.7 Å². The van der Waals surface area contributed by atoms with Gasteiger partial charge >= 0.3 is 0 Å². The number of hydrogen-bond donors (Lipinski definition) is 2. The molecule has 2 N–H and O–H groups in total. The van der Waals surface area contributed by atoms with Crippen molar-refractivity contribution in [2.24, 2.45) is 0 Å². The second-order valence-corrected chi connectivity index (χ2v) is 12.8. The largest absolute Gasteiger partial charge is 0.473 e. The van der Waals surface area contributed by atoms with Crippen molar-refractivity contribution in [1.29, 1.82) is 0 Å². The normalized spacial score (nSPS) is 18.8. The Morgan fingerprint density at radius 1 is 1.48 bits per heavy atom. The maximum atomic E-state index is 12.3. The molecule has 0 unspecified atom stereocenters. The molecule has 0 saturated carbocycles. The van der Waals surface area contributed by atoms with E-state index >= 15 is 0 Å². The van der Waals surface area contributed by atoms with Gasteiger partial charge in [-0.25, -0.2) is 0 Å². The highest BCUT2D eigenvalue weighted by molar-refractivity contribution is 7.20. The Bertz CT molecular complexity index is 623. The Balaban J connectivity index is 1.65. The van der Waals surface area contributed by atoms with Crippen LogP contribution in [0, 0.1) is 0 Å². The minimum Gasteiger partial charge on any atom is -0.473 e. The summed E-state index contributed by atoms with van der Waals surface area (Å²) in [6, 6.07) is 4.78. The number of carbonyl (C=O) groups is 1. The summed E-state index contributed by atoms with van der Waals surface area (Å²) in [5.41, 5.74) is 1.31. The third-order valence-electron chi connectivity index (χ3n) is 4.26. The minimum absolute atomic E-state index is 0.0226. The highest BCUT2D eigenvalue weighted by Gasteiger charge is 2.29. The first-order valence-electron chi connectivity index (χ1n) is 7.31. The van der Waals surface area contributed by atoms with Gasteiger partial charge in [-0.2, -0.15) is 4.98 Å². The molecule has 1 amide bonds. The number of fused-ring (bicyclic) bond motifs is 1. The van der Waals surface area contributed by atoms with Crippen molar-refractivity contribution in [2.45, 2.75) is 44.1 Å². The lowest BCUT2D eigenvalue weighted by Gasteiger charge is -2.33. The number of H-pyrrole nitrogens is 1. The molecule has 2 aromatic heterocycles. The summed E-state index contributed by atoms with van der Waals surface area (Å²) in [5, 5.41) is 3.76. The molecule has 0 aromatic carbocycles. The molecule has 0 bridgehead atoms. The zero-order valence-electron chi connectivity index (χ0n) is 12.7. The van der Waals surface area contributed by atoms with Gasteiger partial charge in [0.1, 0.15) is 5.69 Å². The topological polar surface area (TPSA) is 67.0 Å². The Kier molecular flexibility index (Phi) is 3.79. The molecule has 0 aliphatic carbocycles. The molecule has 3 rings (SSSR count). The first-order valence-corrected chi connectivity index (χ1v) is 11.5. The van der Waals surface area contributed by atoms with Gasteiger partial charge in [0.2, 0.25) is 0 Å². The molecule has 3 heterocycles. The predicted octanol–water partition coefficient (Wildman–Crippen LogP) is 3.23. The zero-order chi connectivity index (χ0) is 15.0. The van der Waals surface area contributed by atoms with Crippen LogP contribution in [0.15, 0.2) is 6.07 Å². The number of aromatic nitrogens is 2. The number of ether oxygens (including phenoxy) is 1. The average Bonchev–Trinajstić information content (AvgIpc) is 2.99. The Labute approximate surface area is 129 Å². The smallest absolute Gasteiger partial charge is 0.275 e. The summed E-state index contributed by atoms with van der Waals surface area (Å²) in [7, 11) is 0.626. The molecule has 7 heteroatoms. The van der Waals surface area contributed by atoms with Gasteiger partial charge in [0, 0.05) is 14.1 Å². The molecule has 114 valence electrons.